The number of nitrogens with zero attached hydrogens (tertiary/aromatic N) is 3. The molecule has 3 N–H and O–H groups in total. The topological polar surface area (TPSA) is 85.8 Å². The lowest BCUT2D eigenvalue weighted by Crippen LogP contribution is -2.39. The largest absolute Gasteiger partial charge is 0.346 e. The maximum Gasteiger partial charge on any atom is 0.225 e. The number of aromatic nitrogens is 3. The molecule has 3 unspecified atom stereocenters. The van der Waals surface area contributed by atoms with Crippen LogP contribution >= 0.6 is 24.8 Å². The van der Waals surface area contributed by atoms with Crippen molar-refractivity contribution in [3.63, 3.8) is 0 Å². The molecule has 0 fully saturated rings. The van der Waals surface area contributed by atoms with Gasteiger partial charge < -0.3 is 11.1 Å². The Morgan fingerprint density at radius 3 is 2.69 bits per heavy atom. The van der Waals surface area contributed by atoms with Crippen LogP contribution in [0.5, 0.6) is 0 Å². The Balaban J connectivity index is 0.00000169. The predicted molar refractivity (Wildman–Crippen MR) is 107 cm³/mol. The van der Waals surface area contributed by atoms with Gasteiger partial charge in [-0.25, -0.2) is 9.67 Å². The molecule has 0 spiro atoms. The van der Waals surface area contributed by atoms with E-state index >= 15 is 0 Å². The van der Waals surface area contributed by atoms with Gasteiger partial charge in [0, 0.05) is 19.0 Å². The number of halogens is 2. The van der Waals surface area contributed by atoms with E-state index in [1.54, 1.807) is 0 Å². The quantitative estimate of drug-likeness (QED) is 0.808. The molecular weight excluding hydrogens is 373 g/mol. The van der Waals surface area contributed by atoms with Crippen molar-refractivity contribution in [3.05, 3.63) is 47.5 Å². The van der Waals surface area contributed by atoms with Gasteiger partial charge in [-0.2, -0.15) is 5.10 Å². The first-order chi connectivity index (χ1) is 11.6. The Hall–Kier alpha value is -1.63. The van der Waals surface area contributed by atoms with Crippen LogP contribution in [0.3, 0.4) is 0 Å². The summed E-state index contributed by atoms with van der Waals surface area (Å²) in [5.41, 5.74) is 7.24. The van der Waals surface area contributed by atoms with E-state index in [-0.39, 0.29) is 48.7 Å². The summed E-state index contributed by atoms with van der Waals surface area (Å²) in [5.74, 6) is 1.36. The molecule has 1 aromatic heterocycles. The van der Waals surface area contributed by atoms with Gasteiger partial charge in [0.05, 0.1) is 12.0 Å². The van der Waals surface area contributed by atoms with Crippen LogP contribution in [0.2, 0.25) is 0 Å². The van der Waals surface area contributed by atoms with Crippen LogP contribution in [0.25, 0.3) is 0 Å². The van der Waals surface area contributed by atoms with Crippen LogP contribution in [0.4, 0.5) is 0 Å². The lowest BCUT2D eigenvalue weighted by Gasteiger charge is -2.26. The molecule has 2 heterocycles. The third kappa shape index (κ3) is 4.75. The highest BCUT2D eigenvalue weighted by Gasteiger charge is 2.29. The Bertz CT molecular complexity index is 707. The second-order valence-electron chi connectivity index (χ2n) is 6.39. The number of nitrogens with two attached hydrogens (primary N) is 1. The molecule has 144 valence electrons. The van der Waals surface area contributed by atoms with E-state index in [2.05, 4.69) is 15.4 Å². The minimum Gasteiger partial charge on any atom is -0.346 e. The van der Waals surface area contributed by atoms with Crippen molar-refractivity contribution in [2.45, 2.75) is 51.7 Å². The first-order valence-corrected chi connectivity index (χ1v) is 8.64. The molecular formula is C18H27Cl2N5O. The minimum absolute atomic E-state index is 0. The van der Waals surface area contributed by atoms with Crippen molar-refractivity contribution in [1.82, 2.24) is 20.1 Å². The summed E-state index contributed by atoms with van der Waals surface area (Å²) >= 11 is 0. The smallest absolute Gasteiger partial charge is 0.225 e. The molecule has 0 radical (unpaired) electrons. The number of rotatable bonds is 5. The molecule has 1 aliphatic heterocycles. The zero-order valence-electron chi connectivity index (χ0n) is 15.1. The summed E-state index contributed by atoms with van der Waals surface area (Å²) < 4.78 is 1.93. The maximum atomic E-state index is 12.7. The number of aryl methyl sites for hydroxylation is 2. The lowest BCUT2D eigenvalue weighted by molar-refractivity contribution is -0.126. The summed E-state index contributed by atoms with van der Waals surface area (Å²) in [6, 6.07) is 9.34. The number of hydrogen-bond donors (Lipinski definition) is 2. The fraction of sp³-hybridized carbons (Fsp3) is 0.500. The average molecular weight is 400 g/mol. The van der Waals surface area contributed by atoms with Crippen molar-refractivity contribution in [2.75, 3.05) is 0 Å². The van der Waals surface area contributed by atoms with E-state index in [0.29, 0.717) is 0 Å². The van der Waals surface area contributed by atoms with Crippen molar-refractivity contribution >= 4 is 30.7 Å². The number of amides is 1. The Labute approximate surface area is 166 Å². The van der Waals surface area contributed by atoms with Crippen LogP contribution in [0, 0.1) is 5.92 Å². The van der Waals surface area contributed by atoms with Gasteiger partial charge in [-0.1, -0.05) is 44.2 Å². The van der Waals surface area contributed by atoms with Gasteiger partial charge in [-0.3, -0.25) is 4.79 Å². The molecule has 0 saturated carbocycles. The van der Waals surface area contributed by atoms with Gasteiger partial charge in [-0.05, 0) is 18.4 Å². The maximum absolute atomic E-state index is 12.7. The average Bonchev–Trinajstić information content (AvgIpc) is 3.05. The molecule has 8 heteroatoms. The van der Waals surface area contributed by atoms with Crippen molar-refractivity contribution in [1.29, 1.82) is 0 Å². The molecule has 26 heavy (non-hydrogen) atoms. The monoisotopic (exact) mass is 399 g/mol. The van der Waals surface area contributed by atoms with E-state index in [1.807, 2.05) is 48.9 Å². The zero-order valence-corrected chi connectivity index (χ0v) is 16.7. The second-order valence-corrected chi connectivity index (χ2v) is 6.39. The van der Waals surface area contributed by atoms with Gasteiger partial charge in [0.2, 0.25) is 5.91 Å². The van der Waals surface area contributed by atoms with Crippen LogP contribution in [-0.4, -0.2) is 20.7 Å². The standard InChI is InChI=1S/C18H25N5O.2ClH/c1-3-15-21-17-14(10-7-11-23(17)22-15)20-18(24)12(2)16(19)13-8-5-4-6-9-13;;/h4-6,8-9,12,14,16H,3,7,10-11,19H2,1-2H3,(H,20,24);2*1H. The van der Waals surface area contributed by atoms with Gasteiger partial charge >= 0.3 is 0 Å². The number of fused-ring (bicyclic) bond motifs is 1. The van der Waals surface area contributed by atoms with E-state index in [4.69, 9.17) is 5.73 Å². The van der Waals surface area contributed by atoms with Gasteiger partial charge in [-0.15, -0.1) is 24.8 Å². The van der Waals surface area contributed by atoms with Gasteiger partial charge in [0.1, 0.15) is 5.82 Å². The lowest BCUT2D eigenvalue weighted by atomic mass is 9.94. The van der Waals surface area contributed by atoms with Crippen LogP contribution in [0.15, 0.2) is 30.3 Å². The summed E-state index contributed by atoms with van der Waals surface area (Å²) in [4.78, 5) is 17.2. The van der Waals surface area contributed by atoms with E-state index < -0.39 is 0 Å². The molecule has 1 amide bonds. The predicted octanol–water partition coefficient (Wildman–Crippen LogP) is 2.97. The Kier molecular flexibility index (Phi) is 8.53. The molecule has 3 atom stereocenters. The Morgan fingerprint density at radius 1 is 1.35 bits per heavy atom. The fourth-order valence-corrected chi connectivity index (χ4v) is 3.12. The fourth-order valence-electron chi connectivity index (χ4n) is 3.12. The van der Waals surface area contributed by atoms with Crippen molar-refractivity contribution < 1.29 is 4.79 Å². The molecule has 0 aliphatic carbocycles. The molecule has 3 rings (SSSR count). The summed E-state index contributed by atoms with van der Waals surface area (Å²) in [6.45, 7) is 4.78. The molecule has 1 aliphatic rings. The minimum atomic E-state index is -0.320. The highest BCUT2D eigenvalue weighted by molar-refractivity contribution is 5.85. The molecule has 2 aromatic rings. The number of nitrogens with one attached hydrogen (secondary N) is 1. The molecule has 6 nitrogen and oxygen atoms in total. The number of hydrogen-bond acceptors (Lipinski definition) is 4. The molecule has 1 aromatic carbocycles. The number of carbonyl (C=O) groups excluding carboxylic acids is 1. The van der Waals surface area contributed by atoms with E-state index in [1.165, 1.54) is 0 Å². The summed E-state index contributed by atoms with van der Waals surface area (Å²) in [7, 11) is 0. The normalized spacial score (nSPS) is 17.9. The molecule has 0 bridgehead atoms. The van der Waals surface area contributed by atoms with Gasteiger partial charge in [0.25, 0.3) is 0 Å². The van der Waals surface area contributed by atoms with Crippen LogP contribution in [-0.2, 0) is 17.8 Å². The first-order valence-electron chi connectivity index (χ1n) is 8.64. The number of carbonyl (C=O) groups is 1. The highest BCUT2D eigenvalue weighted by Crippen LogP contribution is 2.25. The first kappa shape index (κ1) is 22.4. The van der Waals surface area contributed by atoms with Crippen molar-refractivity contribution in [3.8, 4) is 0 Å². The third-order valence-corrected chi connectivity index (χ3v) is 4.69. The summed E-state index contributed by atoms with van der Waals surface area (Å²) in [6.07, 6.45) is 2.68. The highest BCUT2D eigenvalue weighted by atomic mass is 35.5. The third-order valence-electron chi connectivity index (χ3n) is 4.69. The number of benzene rings is 1. The summed E-state index contributed by atoms with van der Waals surface area (Å²) in [5, 5.41) is 7.60. The SMILES string of the molecule is CCc1nc2n(n1)CCCC2NC(=O)C(C)C(N)c1ccccc1.Cl.Cl. The van der Waals surface area contributed by atoms with Crippen LogP contribution < -0.4 is 11.1 Å². The van der Waals surface area contributed by atoms with E-state index in [9.17, 15) is 4.79 Å². The van der Waals surface area contributed by atoms with Crippen LogP contribution in [0.1, 0.15) is 56.0 Å². The Morgan fingerprint density at radius 2 is 2.04 bits per heavy atom. The van der Waals surface area contributed by atoms with Gasteiger partial charge in [0.15, 0.2) is 5.82 Å². The van der Waals surface area contributed by atoms with Crippen molar-refractivity contribution in [2.24, 2.45) is 11.7 Å². The zero-order chi connectivity index (χ0) is 17.1. The second kappa shape index (κ2) is 9.90. The molecule has 0 saturated heterocycles. The van der Waals surface area contributed by atoms with E-state index in [0.717, 1.165) is 43.0 Å².